The van der Waals surface area contributed by atoms with Crippen LogP contribution < -0.4 is 10.6 Å². The van der Waals surface area contributed by atoms with E-state index in [2.05, 4.69) is 61.2 Å². The third-order valence-electron chi connectivity index (χ3n) is 3.36. The van der Waals surface area contributed by atoms with Gasteiger partial charge in [0, 0.05) is 15.8 Å². The van der Waals surface area contributed by atoms with Crippen LogP contribution >= 0.6 is 34.2 Å². The summed E-state index contributed by atoms with van der Waals surface area (Å²) in [6, 6.07) is 6.14. The molecule has 0 aliphatic carbocycles. The summed E-state index contributed by atoms with van der Waals surface area (Å²) in [6.45, 7) is 5.08. The fraction of sp³-hybridized carbons (Fsp3) is 0.438. The van der Waals surface area contributed by atoms with Gasteiger partial charge >= 0.3 is 0 Å². The average Bonchev–Trinajstić information content (AvgIpc) is 2.49. The number of unbranched alkanes of at least 4 members (excludes halogenated alkanes) is 3. The molecule has 1 heterocycles. The van der Waals surface area contributed by atoms with Gasteiger partial charge in [-0.25, -0.2) is 0 Å². The number of halogens is 2. The van der Waals surface area contributed by atoms with E-state index in [9.17, 15) is 0 Å². The minimum absolute atomic E-state index is 0.182. The Morgan fingerprint density at radius 2 is 1.87 bits per heavy atom. The van der Waals surface area contributed by atoms with Crippen molar-refractivity contribution in [2.24, 2.45) is 0 Å². The molecule has 5 nitrogen and oxygen atoms in total. The maximum atomic E-state index is 6.00. The van der Waals surface area contributed by atoms with Gasteiger partial charge in [-0.15, -0.1) is 0 Å². The van der Waals surface area contributed by atoms with E-state index in [4.69, 9.17) is 11.6 Å². The van der Waals surface area contributed by atoms with Crippen molar-refractivity contribution in [3.63, 3.8) is 0 Å². The summed E-state index contributed by atoms with van der Waals surface area (Å²) in [5.41, 5.74) is 2.09. The maximum absolute atomic E-state index is 6.00. The summed E-state index contributed by atoms with van der Waals surface area (Å²) in [7, 11) is 0. The van der Waals surface area contributed by atoms with Crippen LogP contribution in [0.5, 0.6) is 0 Å². The number of hydrogen-bond donors (Lipinski definition) is 2. The van der Waals surface area contributed by atoms with E-state index in [1.807, 2.05) is 19.1 Å². The van der Waals surface area contributed by atoms with E-state index < -0.39 is 0 Å². The summed E-state index contributed by atoms with van der Waals surface area (Å²) in [5.74, 6) is 0.956. The molecule has 0 aliphatic heterocycles. The van der Waals surface area contributed by atoms with Crippen molar-refractivity contribution >= 4 is 51.8 Å². The fourth-order valence-electron chi connectivity index (χ4n) is 2.12. The average molecular weight is 446 g/mol. The number of aryl methyl sites for hydroxylation is 1. The standard InChI is InChI=1S/C16H21ClIN5/c1-3-4-5-6-9-19-15-21-14(17)22-16(23-15)20-13-8-7-12(18)10-11(13)2/h7-8,10H,3-6,9H2,1-2H3,(H2,19,20,21,22,23). The van der Waals surface area contributed by atoms with Crippen LogP contribution in [0.2, 0.25) is 5.28 Å². The van der Waals surface area contributed by atoms with Crippen molar-refractivity contribution < 1.29 is 0 Å². The zero-order chi connectivity index (χ0) is 16.7. The van der Waals surface area contributed by atoms with Crippen molar-refractivity contribution in [3.8, 4) is 0 Å². The lowest BCUT2D eigenvalue weighted by Crippen LogP contribution is -2.08. The van der Waals surface area contributed by atoms with Gasteiger partial charge in [0.1, 0.15) is 0 Å². The van der Waals surface area contributed by atoms with Crippen LogP contribution in [0.1, 0.15) is 38.2 Å². The Morgan fingerprint density at radius 3 is 2.61 bits per heavy atom. The molecule has 7 heteroatoms. The Balaban J connectivity index is 2.02. The molecule has 0 atom stereocenters. The first kappa shape index (κ1) is 18.2. The van der Waals surface area contributed by atoms with Gasteiger partial charge in [0.2, 0.25) is 17.2 Å². The molecule has 1 aromatic carbocycles. The topological polar surface area (TPSA) is 62.7 Å². The first-order valence-corrected chi connectivity index (χ1v) is 9.23. The highest BCUT2D eigenvalue weighted by atomic mass is 127. The normalized spacial score (nSPS) is 10.6. The molecular weight excluding hydrogens is 425 g/mol. The highest BCUT2D eigenvalue weighted by Gasteiger charge is 2.07. The molecule has 124 valence electrons. The summed E-state index contributed by atoms with van der Waals surface area (Å²) in [5, 5.41) is 6.59. The maximum Gasteiger partial charge on any atom is 0.233 e. The minimum atomic E-state index is 0.182. The predicted octanol–water partition coefficient (Wildman–Crippen LogP) is 5.17. The van der Waals surface area contributed by atoms with Gasteiger partial charge in [-0.3, -0.25) is 0 Å². The first-order chi connectivity index (χ1) is 11.1. The van der Waals surface area contributed by atoms with Crippen LogP contribution in [0, 0.1) is 10.5 Å². The molecule has 0 saturated heterocycles. The molecule has 2 rings (SSSR count). The lowest BCUT2D eigenvalue weighted by Gasteiger charge is -2.10. The number of hydrogen-bond acceptors (Lipinski definition) is 5. The smallest absolute Gasteiger partial charge is 0.233 e. The van der Waals surface area contributed by atoms with E-state index in [-0.39, 0.29) is 5.28 Å². The van der Waals surface area contributed by atoms with Crippen molar-refractivity contribution in [1.29, 1.82) is 0 Å². The molecular formula is C16H21ClIN5. The molecule has 23 heavy (non-hydrogen) atoms. The summed E-state index contributed by atoms with van der Waals surface area (Å²) >= 11 is 8.29. The lowest BCUT2D eigenvalue weighted by atomic mass is 10.2. The number of rotatable bonds is 8. The molecule has 0 bridgehead atoms. The lowest BCUT2D eigenvalue weighted by molar-refractivity contribution is 0.683. The van der Waals surface area contributed by atoms with E-state index in [1.54, 1.807) is 0 Å². The summed E-state index contributed by atoms with van der Waals surface area (Å²) < 4.78 is 1.19. The molecule has 0 spiro atoms. The Morgan fingerprint density at radius 1 is 1.09 bits per heavy atom. The Kier molecular flexibility index (Phi) is 7.29. The van der Waals surface area contributed by atoms with Crippen molar-refractivity contribution in [2.45, 2.75) is 39.5 Å². The molecule has 0 saturated carbocycles. The fourth-order valence-corrected chi connectivity index (χ4v) is 2.93. The minimum Gasteiger partial charge on any atom is -0.354 e. The first-order valence-electron chi connectivity index (χ1n) is 7.77. The van der Waals surface area contributed by atoms with Gasteiger partial charge in [0.05, 0.1) is 0 Å². The Hall–Kier alpha value is -1.15. The van der Waals surface area contributed by atoms with Crippen LogP contribution in [0.25, 0.3) is 0 Å². The second-order valence-electron chi connectivity index (χ2n) is 5.32. The molecule has 0 aliphatic rings. The van der Waals surface area contributed by atoms with Crippen LogP contribution in [0.15, 0.2) is 18.2 Å². The number of nitrogens with zero attached hydrogens (tertiary/aromatic N) is 3. The zero-order valence-electron chi connectivity index (χ0n) is 13.4. The summed E-state index contributed by atoms with van der Waals surface area (Å²) in [6.07, 6.45) is 4.77. The van der Waals surface area contributed by atoms with Gasteiger partial charge in [-0.2, -0.15) is 15.0 Å². The Bertz CT molecular complexity index is 650. The second kappa shape index (κ2) is 9.22. The van der Waals surface area contributed by atoms with Crippen LogP contribution in [0.4, 0.5) is 17.6 Å². The number of anilines is 3. The number of benzene rings is 1. The SMILES string of the molecule is CCCCCCNc1nc(Cl)nc(Nc2ccc(I)cc2C)n1. The van der Waals surface area contributed by atoms with E-state index in [1.165, 1.54) is 22.8 Å². The monoisotopic (exact) mass is 445 g/mol. The highest BCUT2D eigenvalue weighted by Crippen LogP contribution is 2.21. The van der Waals surface area contributed by atoms with Crippen LogP contribution in [-0.4, -0.2) is 21.5 Å². The van der Waals surface area contributed by atoms with Gasteiger partial charge in [-0.1, -0.05) is 26.2 Å². The zero-order valence-corrected chi connectivity index (χ0v) is 16.3. The van der Waals surface area contributed by atoms with Gasteiger partial charge in [-0.05, 0) is 71.3 Å². The molecule has 0 unspecified atom stereocenters. The van der Waals surface area contributed by atoms with E-state index in [0.717, 1.165) is 24.2 Å². The number of aromatic nitrogens is 3. The van der Waals surface area contributed by atoms with Gasteiger partial charge in [0.15, 0.2) is 0 Å². The molecule has 2 aromatic rings. The third kappa shape index (κ3) is 6.10. The largest absolute Gasteiger partial charge is 0.354 e. The molecule has 0 amide bonds. The molecule has 0 radical (unpaired) electrons. The summed E-state index contributed by atoms with van der Waals surface area (Å²) in [4.78, 5) is 12.6. The van der Waals surface area contributed by atoms with E-state index >= 15 is 0 Å². The van der Waals surface area contributed by atoms with Crippen LogP contribution in [0.3, 0.4) is 0 Å². The Labute approximate surface area is 155 Å². The van der Waals surface area contributed by atoms with Crippen molar-refractivity contribution in [3.05, 3.63) is 32.6 Å². The number of nitrogens with one attached hydrogen (secondary N) is 2. The van der Waals surface area contributed by atoms with Crippen molar-refractivity contribution in [2.75, 3.05) is 17.2 Å². The third-order valence-corrected chi connectivity index (χ3v) is 4.20. The van der Waals surface area contributed by atoms with Crippen LogP contribution in [-0.2, 0) is 0 Å². The van der Waals surface area contributed by atoms with E-state index in [0.29, 0.717) is 11.9 Å². The van der Waals surface area contributed by atoms with Gasteiger partial charge < -0.3 is 10.6 Å². The molecule has 2 N–H and O–H groups in total. The second-order valence-corrected chi connectivity index (χ2v) is 6.91. The van der Waals surface area contributed by atoms with Gasteiger partial charge in [0.25, 0.3) is 0 Å². The predicted molar refractivity (Wildman–Crippen MR) is 105 cm³/mol. The molecule has 1 aromatic heterocycles. The quantitative estimate of drug-likeness (QED) is 0.433. The highest BCUT2D eigenvalue weighted by molar-refractivity contribution is 14.1. The molecule has 0 fully saturated rings. The van der Waals surface area contributed by atoms with Crippen molar-refractivity contribution in [1.82, 2.24) is 15.0 Å².